The molecule has 0 aliphatic heterocycles. The van der Waals surface area contributed by atoms with Crippen LogP contribution in [0.5, 0.6) is 0 Å². The highest BCUT2D eigenvalue weighted by molar-refractivity contribution is 5.76. The lowest BCUT2D eigenvalue weighted by Gasteiger charge is -2.33. The van der Waals surface area contributed by atoms with Gasteiger partial charge in [-0.15, -0.1) is 0 Å². The molecule has 0 amide bonds. The lowest BCUT2D eigenvalue weighted by molar-refractivity contribution is -0.383. The van der Waals surface area contributed by atoms with E-state index in [2.05, 4.69) is 31.4 Å². The first-order valence-corrected chi connectivity index (χ1v) is 7.83. The van der Waals surface area contributed by atoms with E-state index in [4.69, 9.17) is 0 Å². The minimum Gasteiger partial charge on any atom is -0.379 e. The molecule has 5 nitrogen and oxygen atoms in total. The van der Waals surface area contributed by atoms with E-state index in [0.29, 0.717) is 11.4 Å². The highest BCUT2D eigenvalue weighted by Crippen LogP contribution is 2.36. The summed E-state index contributed by atoms with van der Waals surface area (Å²) in [6.45, 7) is 9.11. The van der Waals surface area contributed by atoms with E-state index in [1.165, 1.54) is 0 Å². The van der Waals surface area contributed by atoms with Crippen LogP contribution in [0.4, 0.5) is 17.1 Å². The van der Waals surface area contributed by atoms with Crippen molar-refractivity contribution in [3.05, 3.63) is 28.3 Å². The van der Waals surface area contributed by atoms with Crippen LogP contribution in [-0.4, -0.2) is 17.0 Å². The monoisotopic (exact) mass is 293 g/mol. The summed E-state index contributed by atoms with van der Waals surface area (Å²) in [5.74, 6) is 0. The Morgan fingerprint density at radius 3 is 2.14 bits per heavy atom. The molecule has 0 atom stereocenters. The third kappa shape index (κ3) is 4.09. The molecule has 0 bridgehead atoms. The molecule has 1 aromatic carbocycles. The van der Waals surface area contributed by atoms with E-state index < -0.39 is 0 Å². The third-order valence-electron chi connectivity index (χ3n) is 4.21. The van der Waals surface area contributed by atoms with Gasteiger partial charge in [0.05, 0.1) is 4.92 Å². The Kier molecular flexibility index (Phi) is 6.46. The van der Waals surface area contributed by atoms with Crippen molar-refractivity contribution in [3.63, 3.8) is 0 Å². The zero-order valence-electron chi connectivity index (χ0n) is 13.5. The summed E-state index contributed by atoms with van der Waals surface area (Å²) in [7, 11) is 0. The fraction of sp³-hybridized carbons (Fsp3) is 0.625. The summed E-state index contributed by atoms with van der Waals surface area (Å²) < 4.78 is 0. The maximum absolute atomic E-state index is 11.5. The van der Waals surface area contributed by atoms with Crippen LogP contribution in [0.15, 0.2) is 18.2 Å². The molecule has 0 unspecified atom stereocenters. The van der Waals surface area contributed by atoms with E-state index in [1.807, 2.05) is 13.0 Å². The van der Waals surface area contributed by atoms with E-state index in [1.54, 1.807) is 12.1 Å². The summed E-state index contributed by atoms with van der Waals surface area (Å²) >= 11 is 0. The first-order valence-electron chi connectivity index (χ1n) is 7.83. The molecule has 0 aromatic heterocycles. The Morgan fingerprint density at radius 1 is 1.10 bits per heavy atom. The molecular weight excluding hydrogens is 266 g/mol. The highest BCUT2D eigenvalue weighted by Gasteiger charge is 2.28. The van der Waals surface area contributed by atoms with Gasteiger partial charge in [-0.25, -0.2) is 0 Å². The normalized spacial score (nSPS) is 11.2. The fourth-order valence-corrected chi connectivity index (χ4v) is 2.54. The van der Waals surface area contributed by atoms with Gasteiger partial charge in [-0.1, -0.05) is 33.8 Å². The van der Waals surface area contributed by atoms with Crippen molar-refractivity contribution in [1.82, 2.24) is 0 Å². The second-order valence-electron chi connectivity index (χ2n) is 5.35. The maximum Gasteiger partial charge on any atom is 0.315 e. The molecule has 0 fully saturated rings. The molecule has 0 saturated heterocycles. The topological polar surface area (TPSA) is 67.2 Å². The Balaban J connectivity index is 3.19. The summed E-state index contributed by atoms with van der Waals surface area (Å²) in [4.78, 5) is 11.2. The van der Waals surface area contributed by atoms with Crippen molar-refractivity contribution >= 4 is 17.1 Å². The van der Waals surface area contributed by atoms with Crippen LogP contribution >= 0.6 is 0 Å². The van der Waals surface area contributed by atoms with Crippen molar-refractivity contribution in [2.75, 3.05) is 17.2 Å². The molecule has 1 aromatic rings. The number of nitrogens with zero attached hydrogens (tertiary/aromatic N) is 1. The molecule has 0 heterocycles. The van der Waals surface area contributed by atoms with E-state index in [0.717, 1.165) is 32.2 Å². The largest absolute Gasteiger partial charge is 0.379 e. The minimum atomic E-state index is -0.300. The predicted octanol–water partition coefficient (Wildman–Crippen LogP) is 4.80. The predicted molar refractivity (Wildman–Crippen MR) is 89.1 cm³/mol. The van der Waals surface area contributed by atoms with Gasteiger partial charge < -0.3 is 10.6 Å². The van der Waals surface area contributed by atoms with Crippen LogP contribution in [0.1, 0.15) is 53.4 Å². The summed E-state index contributed by atoms with van der Waals surface area (Å²) in [5, 5.41) is 18.1. The highest BCUT2D eigenvalue weighted by atomic mass is 16.6. The number of hydrogen-bond donors (Lipinski definition) is 2. The standard InChI is InChI=1S/C16H27N3O2/c1-5-12-17-13-10-9-11-14(15(13)19(20)21)18-16(6-2,7-3)8-4/h9-11,17-18H,5-8,12H2,1-4H3. The molecule has 2 N–H and O–H groups in total. The molecule has 21 heavy (non-hydrogen) atoms. The SMILES string of the molecule is CCCNc1cccc(NC(CC)(CC)CC)c1[N+](=O)[O-]. The number of para-hydroxylation sites is 1. The van der Waals surface area contributed by atoms with Gasteiger partial charge in [0.1, 0.15) is 11.4 Å². The van der Waals surface area contributed by atoms with Gasteiger partial charge in [-0.2, -0.15) is 0 Å². The van der Waals surface area contributed by atoms with Gasteiger partial charge in [0, 0.05) is 12.1 Å². The maximum atomic E-state index is 11.5. The zero-order chi connectivity index (χ0) is 15.9. The lowest BCUT2D eigenvalue weighted by atomic mass is 9.89. The van der Waals surface area contributed by atoms with Crippen molar-refractivity contribution in [2.45, 2.75) is 58.9 Å². The van der Waals surface area contributed by atoms with Crippen LogP contribution in [0.2, 0.25) is 0 Å². The smallest absolute Gasteiger partial charge is 0.315 e. The van der Waals surface area contributed by atoms with E-state index >= 15 is 0 Å². The van der Waals surface area contributed by atoms with Crippen LogP contribution in [0.25, 0.3) is 0 Å². The molecule has 5 heteroatoms. The molecule has 0 radical (unpaired) electrons. The molecule has 1 rings (SSSR count). The van der Waals surface area contributed by atoms with Crippen molar-refractivity contribution in [3.8, 4) is 0 Å². The van der Waals surface area contributed by atoms with Crippen LogP contribution in [0, 0.1) is 10.1 Å². The van der Waals surface area contributed by atoms with Crippen LogP contribution in [-0.2, 0) is 0 Å². The summed E-state index contributed by atoms with van der Waals surface area (Å²) in [5.41, 5.74) is 1.25. The Bertz CT molecular complexity index is 462. The van der Waals surface area contributed by atoms with Crippen LogP contribution < -0.4 is 10.6 Å². The van der Waals surface area contributed by atoms with Crippen molar-refractivity contribution < 1.29 is 4.92 Å². The number of nitro benzene ring substituents is 1. The number of benzene rings is 1. The van der Waals surface area contributed by atoms with Gasteiger partial charge in [0.25, 0.3) is 0 Å². The number of rotatable bonds is 9. The first kappa shape index (κ1) is 17.3. The van der Waals surface area contributed by atoms with Gasteiger partial charge in [0.2, 0.25) is 0 Å². The zero-order valence-corrected chi connectivity index (χ0v) is 13.5. The Hall–Kier alpha value is -1.78. The number of nitro groups is 1. The number of nitrogens with one attached hydrogen (secondary N) is 2. The molecule has 0 aliphatic rings. The Labute approximate surface area is 127 Å². The number of hydrogen-bond acceptors (Lipinski definition) is 4. The van der Waals surface area contributed by atoms with Crippen molar-refractivity contribution in [2.24, 2.45) is 0 Å². The molecule has 118 valence electrons. The summed E-state index contributed by atoms with van der Waals surface area (Å²) in [6.07, 6.45) is 3.73. The lowest BCUT2D eigenvalue weighted by Crippen LogP contribution is -2.36. The quantitative estimate of drug-likeness (QED) is 0.507. The van der Waals surface area contributed by atoms with Gasteiger partial charge in [-0.05, 0) is 37.8 Å². The fourth-order valence-electron chi connectivity index (χ4n) is 2.54. The second kappa shape index (κ2) is 7.86. The van der Waals surface area contributed by atoms with Gasteiger partial charge in [-0.3, -0.25) is 10.1 Å². The summed E-state index contributed by atoms with van der Waals surface area (Å²) in [6, 6.07) is 5.43. The minimum absolute atomic E-state index is 0.0891. The average Bonchev–Trinajstić information content (AvgIpc) is 2.50. The average molecular weight is 293 g/mol. The van der Waals surface area contributed by atoms with Crippen LogP contribution in [0.3, 0.4) is 0 Å². The third-order valence-corrected chi connectivity index (χ3v) is 4.21. The molecule has 0 spiro atoms. The first-order chi connectivity index (χ1) is 10.0. The van der Waals surface area contributed by atoms with E-state index in [-0.39, 0.29) is 16.1 Å². The Morgan fingerprint density at radius 2 is 1.67 bits per heavy atom. The van der Waals surface area contributed by atoms with E-state index in [9.17, 15) is 10.1 Å². The molecule has 0 aliphatic carbocycles. The second-order valence-corrected chi connectivity index (χ2v) is 5.35. The van der Waals surface area contributed by atoms with Crippen molar-refractivity contribution in [1.29, 1.82) is 0 Å². The van der Waals surface area contributed by atoms with Gasteiger partial charge >= 0.3 is 5.69 Å². The van der Waals surface area contributed by atoms with Gasteiger partial charge in [0.15, 0.2) is 0 Å². The number of anilines is 2. The molecular formula is C16H27N3O2. The molecule has 0 saturated carbocycles.